The fourth-order valence-electron chi connectivity index (χ4n) is 3.33. The van der Waals surface area contributed by atoms with Crippen LogP contribution in [0, 0.1) is 0 Å². The molecule has 0 aliphatic carbocycles. The molecule has 0 fully saturated rings. The number of fused-ring (bicyclic) bond motifs is 1. The number of ether oxygens (including phenoxy) is 1. The number of rotatable bonds is 8. The summed E-state index contributed by atoms with van der Waals surface area (Å²) in [5.74, 6) is 1.53. The van der Waals surface area contributed by atoms with Crippen molar-refractivity contribution in [2.24, 2.45) is 0 Å². The largest absolute Gasteiger partial charge is 0.487 e. The van der Waals surface area contributed by atoms with Gasteiger partial charge in [0.1, 0.15) is 18.2 Å². The van der Waals surface area contributed by atoms with Crippen LogP contribution >= 0.6 is 11.3 Å². The second-order valence-corrected chi connectivity index (χ2v) is 7.78. The van der Waals surface area contributed by atoms with E-state index in [9.17, 15) is 9.59 Å². The van der Waals surface area contributed by atoms with Crippen LogP contribution < -0.4 is 21.1 Å². The number of aryl methyl sites for hydroxylation is 2. The van der Waals surface area contributed by atoms with Crippen LogP contribution in [0.25, 0.3) is 0 Å². The fraction of sp³-hybridized carbons (Fsp3) is 0.400. The molecule has 0 saturated heterocycles. The highest BCUT2D eigenvalue weighted by Gasteiger charge is 2.16. The van der Waals surface area contributed by atoms with E-state index < -0.39 is 0 Å². The van der Waals surface area contributed by atoms with Gasteiger partial charge in [0.15, 0.2) is 0 Å². The minimum absolute atomic E-state index is 0.0522. The van der Waals surface area contributed by atoms with Gasteiger partial charge in [-0.15, -0.1) is 11.3 Å². The van der Waals surface area contributed by atoms with Crippen molar-refractivity contribution in [1.82, 2.24) is 24.6 Å². The molecule has 0 saturated carbocycles. The number of aromatic nitrogens is 4. The third-order valence-electron chi connectivity index (χ3n) is 4.83. The first-order valence-corrected chi connectivity index (χ1v) is 10.9. The van der Waals surface area contributed by atoms with E-state index in [1.807, 2.05) is 17.5 Å². The minimum Gasteiger partial charge on any atom is -0.487 e. The lowest BCUT2D eigenvalue weighted by Gasteiger charge is -2.10. The van der Waals surface area contributed by atoms with E-state index in [1.165, 1.54) is 16.0 Å². The maximum Gasteiger partial charge on any atom is 0.345 e. The van der Waals surface area contributed by atoms with Gasteiger partial charge in [-0.2, -0.15) is 5.10 Å². The number of anilines is 1. The Morgan fingerprint density at radius 3 is 3.07 bits per heavy atom. The van der Waals surface area contributed by atoms with Crippen LogP contribution in [0.3, 0.4) is 0 Å². The highest BCUT2D eigenvalue weighted by molar-refractivity contribution is 7.07. The highest BCUT2D eigenvalue weighted by atomic mass is 32.1. The Labute approximate surface area is 177 Å². The molecule has 9 nitrogen and oxygen atoms in total. The average molecular weight is 429 g/mol. The SMILES string of the molecule is O=C(NCCCn1nc2n(c1=O)CCCC2)Nc1cccc(OCc2cscn2)c1. The molecule has 3 aromatic rings. The van der Waals surface area contributed by atoms with E-state index in [1.54, 1.807) is 22.2 Å². The molecule has 10 heteroatoms. The molecule has 30 heavy (non-hydrogen) atoms. The smallest absolute Gasteiger partial charge is 0.345 e. The average Bonchev–Trinajstić information content (AvgIpc) is 3.38. The zero-order valence-electron chi connectivity index (χ0n) is 16.5. The van der Waals surface area contributed by atoms with Crippen molar-refractivity contribution in [2.45, 2.75) is 45.4 Å². The minimum atomic E-state index is -0.303. The Hall–Kier alpha value is -3.14. The predicted octanol–water partition coefficient (Wildman–Crippen LogP) is 2.63. The summed E-state index contributed by atoms with van der Waals surface area (Å²) in [6.45, 7) is 2.07. The summed E-state index contributed by atoms with van der Waals surface area (Å²) in [6, 6.07) is 6.91. The fourth-order valence-corrected chi connectivity index (χ4v) is 3.87. The Balaban J connectivity index is 1.21. The first-order valence-electron chi connectivity index (χ1n) is 10.0. The molecule has 3 heterocycles. The number of urea groups is 1. The number of carbonyl (C=O) groups is 1. The van der Waals surface area contributed by atoms with Gasteiger partial charge in [0.2, 0.25) is 0 Å². The Morgan fingerprint density at radius 1 is 1.30 bits per heavy atom. The molecule has 1 aliphatic rings. The molecular weight excluding hydrogens is 404 g/mol. The van der Waals surface area contributed by atoms with Crippen LogP contribution in [-0.4, -0.2) is 31.9 Å². The van der Waals surface area contributed by atoms with Gasteiger partial charge in [0.25, 0.3) is 0 Å². The number of benzene rings is 1. The molecule has 0 spiro atoms. The molecule has 0 atom stereocenters. The van der Waals surface area contributed by atoms with Crippen molar-refractivity contribution in [1.29, 1.82) is 0 Å². The van der Waals surface area contributed by atoms with Crippen molar-refractivity contribution in [2.75, 3.05) is 11.9 Å². The van der Waals surface area contributed by atoms with Crippen LogP contribution in [0.5, 0.6) is 5.75 Å². The first-order chi connectivity index (χ1) is 14.7. The van der Waals surface area contributed by atoms with E-state index in [2.05, 4.69) is 20.7 Å². The second-order valence-electron chi connectivity index (χ2n) is 7.06. The Bertz CT molecular complexity index is 1040. The molecule has 0 radical (unpaired) electrons. The number of nitrogens with zero attached hydrogens (tertiary/aromatic N) is 4. The molecule has 2 amide bonds. The van der Waals surface area contributed by atoms with E-state index in [0.717, 1.165) is 37.3 Å². The van der Waals surface area contributed by atoms with Gasteiger partial charge in [-0.25, -0.2) is 19.3 Å². The third kappa shape index (κ3) is 5.07. The normalized spacial score (nSPS) is 12.9. The summed E-state index contributed by atoms with van der Waals surface area (Å²) >= 11 is 1.52. The lowest BCUT2D eigenvalue weighted by Crippen LogP contribution is -2.31. The quantitative estimate of drug-likeness (QED) is 0.537. The van der Waals surface area contributed by atoms with Crippen LogP contribution in [0.2, 0.25) is 0 Å². The summed E-state index contributed by atoms with van der Waals surface area (Å²) < 4.78 is 8.96. The van der Waals surface area contributed by atoms with Crippen LogP contribution in [0.15, 0.2) is 40.0 Å². The van der Waals surface area contributed by atoms with Gasteiger partial charge in [-0.3, -0.25) is 4.57 Å². The van der Waals surface area contributed by atoms with Crippen LogP contribution in [0.4, 0.5) is 10.5 Å². The van der Waals surface area contributed by atoms with Gasteiger partial charge >= 0.3 is 11.7 Å². The zero-order valence-corrected chi connectivity index (χ0v) is 17.4. The summed E-state index contributed by atoms with van der Waals surface area (Å²) in [4.78, 5) is 28.6. The Morgan fingerprint density at radius 2 is 2.23 bits per heavy atom. The number of hydrogen-bond donors (Lipinski definition) is 2. The van der Waals surface area contributed by atoms with Crippen LogP contribution in [-0.2, 0) is 26.1 Å². The molecule has 1 aliphatic heterocycles. The monoisotopic (exact) mass is 428 g/mol. The number of hydrogen-bond acceptors (Lipinski definition) is 6. The molecule has 2 N–H and O–H groups in total. The maximum atomic E-state index is 12.3. The number of thiazole rings is 1. The summed E-state index contributed by atoms with van der Waals surface area (Å²) in [6.07, 6.45) is 3.59. The van der Waals surface area contributed by atoms with Crippen molar-refractivity contribution >= 4 is 23.1 Å². The Kier molecular flexibility index (Phi) is 6.43. The van der Waals surface area contributed by atoms with E-state index >= 15 is 0 Å². The lowest BCUT2D eigenvalue weighted by molar-refractivity contribution is 0.251. The van der Waals surface area contributed by atoms with E-state index in [-0.39, 0.29) is 11.7 Å². The predicted molar refractivity (Wildman–Crippen MR) is 114 cm³/mol. The van der Waals surface area contributed by atoms with Gasteiger partial charge in [-0.1, -0.05) is 6.07 Å². The van der Waals surface area contributed by atoms with Crippen molar-refractivity contribution in [3.63, 3.8) is 0 Å². The van der Waals surface area contributed by atoms with Crippen molar-refractivity contribution in [3.8, 4) is 5.75 Å². The lowest BCUT2D eigenvalue weighted by atomic mass is 10.2. The zero-order chi connectivity index (χ0) is 20.8. The molecule has 1 aromatic carbocycles. The van der Waals surface area contributed by atoms with Crippen molar-refractivity contribution in [3.05, 3.63) is 57.2 Å². The molecular formula is C20H24N6O3S. The molecule has 2 aromatic heterocycles. The number of nitrogens with one attached hydrogen (secondary N) is 2. The second kappa shape index (κ2) is 9.57. The molecule has 4 rings (SSSR count). The number of amides is 2. The van der Waals surface area contributed by atoms with Crippen LogP contribution in [0.1, 0.15) is 30.8 Å². The number of carbonyl (C=O) groups excluding carboxylic acids is 1. The summed E-state index contributed by atoms with van der Waals surface area (Å²) in [5.41, 5.74) is 3.22. The van der Waals surface area contributed by atoms with Crippen molar-refractivity contribution < 1.29 is 9.53 Å². The molecule has 0 unspecified atom stereocenters. The first kappa shape index (κ1) is 20.1. The van der Waals surface area contributed by atoms with E-state index in [4.69, 9.17) is 4.74 Å². The van der Waals surface area contributed by atoms with Gasteiger partial charge < -0.3 is 15.4 Å². The summed E-state index contributed by atoms with van der Waals surface area (Å²) in [5, 5.41) is 11.9. The van der Waals surface area contributed by atoms with Gasteiger partial charge in [0, 0.05) is 43.2 Å². The molecule has 0 bridgehead atoms. The van der Waals surface area contributed by atoms with Gasteiger partial charge in [-0.05, 0) is 31.4 Å². The third-order valence-corrected chi connectivity index (χ3v) is 5.46. The topological polar surface area (TPSA) is 103 Å². The summed E-state index contributed by atoms with van der Waals surface area (Å²) in [7, 11) is 0. The standard InChI is InChI=1S/C20H24N6O3S/c27-19(21-8-4-10-26-20(28)25-9-2-1-7-18(25)24-26)23-15-5-3-6-17(11-15)29-12-16-13-30-14-22-16/h3,5-6,11,13-14H,1-2,4,7-10,12H2,(H2,21,23,27). The molecule has 158 valence electrons. The highest BCUT2D eigenvalue weighted by Crippen LogP contribution is 2.18. The van der Waals surface area contributed by atoms with Gasteiger partial charge in [0.05, 0.1) is 11.2 Å². The van der Waals surface area contributed by atoms with E-state index in [0.29, 0.717) is 37.6 Å². The maximum absolute atomic E-state index is 12.3.